The molecule has 2 rings (SSSR count). The molecule has 1 aromatic carbocycles. The SMILES string of the molecule is O=C(Cc1ccc(Cl)cc1)c1sccc1Br. The van der Waals surface area contributed by atoms with Crippen LogP contribution >= 0.6 is 38.9 Å². The maximum absolute atomic E-state index is 11.9. The van der Waals surface area contributed by atoms with E-state index in [0.29, 0.717) is 11.4 Å². The van der Waals surface area contributed by atoms with Crippen molar-refractivity contribution < 1.29 is 4.79 Å². The summed E-state index contributed by atoms with van der Waals surface area (Å²) in [4.78, 5) is 12.7. The number of rotatable bonds is 3. The van der Waals surface area contributed by atoms with Crippen LogP contribution in [0.25, 0.3) is 0 Å². The molecule has 0 aliphatic rings. The zero-order valence-electron chi connectivity index (χ0n) is 8.24. The van der Waals surface area contributed by atoms with Crippen molar-refractivity contribution in [2.75, 3.05) is 0 Å². The largest absolute Gasteiger partial charge is 0.293 e. The molecule has 0 bridgehead atoms. The Morgan fingerprint density at radius 1 is 1.25 bits per heavy atom. The van der Waals surface area contributed by atoms with Crippen LogP contribution in [-0.2, 0) is 6.42 Å². The van der Waals surface area contributed by atoms with E-state index in [1.165, 1.54) is 11.3 Å². The first kappa shape index (κ1) is 11.8. The summed E-state index contributed by atoms with van der Waals surface area (Å²) in [6, 6.07) is 9.24. The summed E-state index contributed by atoms with van der Waals surface area (Å²) < 4.78 is 0.872. The number of hydrogen-bond acceptors (Lipinski definition) is 2. The van der Waals surface area contributed by atoms with Crippen LogP contribution in [0, 0.1) is 0 Å². The molecule has 4 heteroatoms. The minimum Gasteiger partial charge on any atom is -0.293 e. The van der Waals surface area contributed by atoms with Gasteiger partial charge in [0.1, 0.15) is 0 Å². The molecule has 0 atom stereocenters. The topological polar surface area (TPSA) is 17.1 Å². The van der Waals surface area contributed by atoms with Gasteiger partial charge in [-0.3, -0.25) is 4.79 Å². The normalized spacial score (nSPS) is 10.4. The van der Waals surface area contributed by atoms with Gasteiger partial charge in [-0.2, -0.15) is 0 Å². The smallest absolute Gasteiger partial charge is 0.178 e. The van der Waals surface area contributed by atoms with Gasteiger partial charge in [0.25, 0.3) is 0 Å². The van der Waals surface area contributed by atoms with Crippen molar-refractivity contribution in [3.8, 4) is 0 Å². The standard InChI is InChI=1S/C12H8BrClOS/c13-10-5-6-16-12(10)11(15)7-8-1-3-9(14)4-2-8/h1-6H,7H2. The molecule has 0 saturated heterocycles. The van der Waals surface area contributed by atoms with Crippen LogP contribution in [0.2, 0.25) is 5.02 Å². The van der Waals surface area contributed by atoms with Gasteiger partial charge in [0.05, 0.1) is 4.88 Å². The Hall–Kier alpha value is -0.640. The second-order valence-electron chi connectivity index (χ2n) is 3.32. The van der Waals surface area contributed by atoms with Gasteiger partial charge in [-0.25, -0.2) is 0 Å². The predicted molar refractivity (Wildman–Crippen MR) is 71.5 cm³/mol. The van der Waals surface area contributed by atoms with Crippen LogP contribution in [-0.4, -0.2) is 5.78 Å². The Labute approximate surface area is 111 Å². The summed E-state index contributed by atoms with van der Waals surface area (Å²) >= 11 is 10.6. The average molecular weight is 316 g/mol. The number of carbonyl (C=O) groups is 1. The molecule has 82 valence electrons. The van der Waals surface area contributed by atoms with Crippen LogP contribution in [0.5, 0.6) is 0 Å². The second-order valence-corrected chi connectivity index (χ2v) is 5.53. The zero-order chi connectivity index (χ0) is 11.5. The van der Waals surface area contributed by atoms with E-state index in [0.717, 1.165) is 14.9 Å². The molecule has 0 fully saturated rings. The molecule has 2 aromatic rings. The maximum Gasteiger partial charge on any atom is 0.178 e. The van der Waals surface area contributed by atoms with Crippen molar-refractivity contribution in [1.29, 1.82) is 0 Å². The highest BCUT2D eigenvalue weighted by atomic mass is 79.9. The van der Waals surface area contributed by atoms with Crippen molar-refractivity contribution in [2.45, 2.75) is 6.42 Å². The van der Waals surface area contributed by atoms with Crippen molar-refractivity contribution in [3.63, 3.8) is 0 Å². The highest BCUT2D eigenvalue weighted by Crippen LogP contribution is 2.24. The molecule has 0 aliphatic carbocycles. The van der Waals surface area contributed by atoms with Gasteiger partial charge in [0.2, 0.25) is 0 Å². The van der Waals surface area contributed by atoms with Crippen molar-refractivity contribution >= 4 is 44.7 Å². The van der Waals surface area contributed by atoms with Crippen LogP contribution in [0.4, 0.5) is 0 Å². The molecular weight excluding hydrogens is 308 g/mol. The van der Waals surface area contributed by atoms with Crippen molar-refractivity contribution in [2.24, 2.45) is 0 Å². The highest BCUT2D eigenvalue weighted by molar-refractivity contribution is 9.10. The Balaban J connectivity index is 2.14. The van der Waals surface area contributed by atoms with Crippen molar-refractivity contribution in [1.82, 2.24) is 0 Å². The molecule has 0 amide bonds. The molecule has 1 heterocycles. The number of carbonyl (C=O) groups excluding carboxylic acids is 1. The molecule has 0 saturated carbocycles. The fourth-order valence-corrected chi connectivity index (χ4v) is 3.02. The lowest BCUT2D eigenvalue weighted by Gasteiger charge is -2.00. The fourth-order valence-electron chi connectivity index (χ4n) is 1.36. The average Bonchev–Trinajstić information content (AvgIpc) is 2.68. The Morgan fingerprint density at radius 2 is 1.94 bits per heavy atom. The predicted octanol–water partition coefficient (Wildman–Crippen LogP) is 4.59. The number of hydrogen-bond donors (Lipinski definition) is 0. The summed E-state index contributed by atoms with van der Waals surface area (Å²) in [6.45, 7) is 0. The molecule has 1 nitrogen and oxygen atoms in total. The van der Waals surface area contributed by atoms with Gasteiger partial charge in [0, 0.05) is 15.9 Å². The van der Waals surface area contributed by atoms with E-state index in [-0.39, 0.29) is 5.78 Å². The van der Waals surface area contributed by atoms with Gasteiger partial charge >= 0.3 is 0 Å². The minimum atomic E-state index is 0.129. The summed E-state index contributed by atoms with van der Waals surface area (Å²) in [5, 5.41) is 2.59. The molecule has 0 unspecified atom stereocenters. The summed E-state index contributed by atoms with van der Waals surface area (Å²) in [6.07, 6.45) is 0.413. The number of thiophene rings is 1. The van der Waals surface area contributed by atoms with Crippen LogP contribution < -0.4 is 0 Å². The molecular formula is C12H8BrClOS. The number of halogens is 2. The summed E-state index contributed by atoms with van der Waals surface area (Å²) in [5.74, 6) is 0.129. The molecule has 0 spiro atoms. The van der Waals surface area contributed by atoms with E-state index < -0.39 is 0 Å². The first-order valence-electron chi connectivity index (χ1n) is 4.67. The molecule has 0 radical (unpaired) electrons. The Kier molecular flexibility index (Phi) is 3.79. The van der Waals surface area contributed by atoms with Crippen molar-refractivity contribution in [3.05, 3.63) is 55.6 Å². The molecule has 0 N–H and O–H groups in total. The minimum absolute atomic E-state index is 0.129. The summed E-state index contributed by atoms with van der Waals surface area (Å²) in [7, 11) is 0. The number of Topliss-reactive ketones (excluding diaryl/α,β-unsaturated/α-hetero) is 1. The van der Waals surface area contributed by atoms with Crippen LogP contribution in [0.15, 0.2) is 40.2 Å². The monoisotopic (exact) mass is 314 g/mol. The Bertz CT molecular complexity index is 504. The first-order chi connectivity index (χ1) is 7.66. The lowest BCUT2D eigenvalue weighted by Crippen LogP contribution is -2.01. The molecule has 16 heavy (non-hydrogen) atoms. The highest BCUT2D eigenvalue weighted by Gasteiger charge is 2.11. The fraction of sp³-hybridized carbons (Fsp3) is 0.0833. The van der Waals surface area contributed by atoms with Gasteiger partial charge in [-0.1, -0.05) is 23.7 Å². The van der Waals surface area contributed by atoms with E-state index in [1.807, 2.05) is 23.6 Å². The van der Waals surface area contributed by atoms with Gasteiger partial charge in [-0.05, 0) is 45.1 Å². The lowest BCUT2D eigenvalue weighted by atomic mass is 10.1. The molecule has 0 aliphatic heterocycles. The second kappa shape index (κ2) is 5.13. The summed E-state index contributed by atoms with van der Waals surface area (Å²) in [5.41, 5.74) is 0.981. The zero-order valence-corrected chi connectivity index (χ0v) is 11.4. The number of ketones is 1. The van der Waals surface area contributed by atoms with Gasteiger partial charge < -0.3 is 0 Å². The van der Waals surface area contributed by atoms with Crippen LogP contribution in [0.1, 0.15) is 15.2 Å². The maximum atomic E-state index is 11.9. The Morgan fingerprint density at radius 3 is 2.50 bits per heavy atom. The van der Waals surface area contributed by atoms with E-state index in [4.69, 9.17) is 11.6 Å². The number of benzene rings is 1. The third-order valence-corrected chi connectivity index (χ3v) is 4.28. The van der Waals surface area contributed by atoms with E-state index in [2.05, 4.69) is 15.9 Å². The third kappa shape index (κ3) is 2.73. The van der Waals surface area contributed by atoms with E-state index in [9.17, 15) is 4.79 Å². The van der Waals surface area contributed by atoms with Gasteiger partial charge in [-0.15, -0.1) is 11.3 Å². The molecule has 1 aromatic heterocycles. The first-order valence-corrected chi connectivity index (χ1v) is 6.72. The lowest BCUT2D eigenvalue weighted by molar-refractivity contribution is 0.0996. The van der Waals surface area contributed by atoms with E-state index in [1.54, 1.807) is 12.1 Å². The third-order valence-electron chi connectivity index (χ3n) is 2.15. The van der Waals surface area contributed by atoms with Crippen LogP contribution in [0.3, 0.4) is 0 Å². The quantitative estimate of drug-likeness (QED) is 0.757. The van der Waals surface area contributed by atoms with E-state index >= 15 is 0 Å². The van der Waals surface area contributed by atoms with Gasteiger partial charge in [0.15, 0.2) is 5.78 Å².